The Morgan fingerprint density at radius 2 is 1.80 bits per heavy atom. The highest BCUT2D eigenvalue weighted by Gasteiger charge is 1.98. The summed E-state index contributed by atoms with van der Waals surface area (Å²) in [5, 5.41) is 3.30. The van der Waals surface area contributed by atoms with Crippen molar-refractivity contribution in [3.63, 3.8) is 0 Å². The van der Waals surface area contributed by atoms with Crippen LogP contribution in [0.3, 0.4) is 0 Å². The molecule has 0 amide bonds. The molecule has 15 heavy (non-hydrogen) atoms. The van der Waals surface area contributed by atoms with E-state index >= 15 is 0 Å². The normalized spacial score (nSPS) is 9.93. The smallest absolute Gasteiger partial charge is 0.147 e. The van der Waals surface area contributed by atoms with Crippen LogP contribution in [-0.4, -0.2) is 9.97 Å². The summed E-state index contributed by atoms with van der Waals surface area (Å²) in [5.41, 5.74) is 1.12. The molecular formula is C11H10IN3. The van der Waals surface area contributed by atoms with Crippen molar-refractivity contribution in [2.75, 3.05) is 5.32 Å². The Balaban J connectivity index is 2.03. The van der Waals surface area contributed by atoms with E-state index in [1.165, 1.54) is 3.57 Å². The van der Waals surface area contributed by atoms with Gasteiger partial charge in [-0.3, -0.25) is 0 Å². The Hall–Kier alpha value is -1.17. The van der Waals surface area contributed by atoms with Crippen LogP contribution in [-0.2, 0) is 6.54 Å². The molecule has 0 fully saturated rings. The van der Waals surface area contributed by atoms with Crippen LogP contribution in [0, 0.1) is 3.57 Å². The number of para-hydroxylation sites is 1. The Morgan fingerprint density at radius 1 is 1.07 bits per heavy atom. The number of nitrogens with one attached hydrogen (secondary N) is 1. The van der Waals surface area contributed by atoms with E-state index in [4.69, 9.17) is 0 Å². The van der Waals surface area contributed by atoms with Crippen molar-refractivity contribution in [3.05, 3.63) is 52.1 Å². The monoisotopic (exact) mass is 311 g/mol. The Morgan fingerprint density at radius 3 is 2.53 bits per heavy atom. The van der Waals surface area contributed by atoms with E-state index in [0.717, 1.165) is 11.5 Å². The van der Waals surface area contributed by atoms with Gasteiger partial charge in [0, 0.05) is 21.7 Å². The molecule has 0 spiro atoms. The lowest BCUT2D eigenvalue weighted by molar-refractivity contribution is 0.947. The number of hydrogen-bond acceptors (Lipinski definition) is 3. The van der Waals surface area contributed by atoms with Gasteiger partial charge in [0.25, 0.3) is 0 Å². The largest absolute Gasteiger partial charge is 0.377 e. The van der Waals surface area contributed by atoms with Gasteiger partial charge in [0.1, 0.15) is 5.82 Å². The van der Waals surface area contributed by atoms with Gasteiger partial charge in [-0.2, -0.15) is 0 Å². The van der Waals surface area contributed by atoms with Crippen LogP contribution >= 0.6 is 22.6 Å². The minimum absolute atomic E-state index is 0.654. The Labute approximate surface area is 102 Å². The van der Waals surface area contributed by atoms with Gasteiger partial charge in [0.05, 0.1) is 6.54 Å². The number of rotatable bonds is 3. The molecule has 0 aliphatic carbocycles. The highest BCUT2D eigenvalue weighted by atomic mass is 127. The predicted molar refractivity (Wildman–Crippen MR) is 68.5 cm³/mol. The van der Waals surface area contributed by atoms with E-state index < -0.39 is 0 Å². The molecule has 2 aromatic rings. The maximum absolute atomic E-state index is 4.15. The highest BCUT2D eigenvalue weighted by Crippen LogP contribution is 2.17. The van der Waals surface area contributed by atoms with Gasteiger partial charge < -0.3 is 5.32 Å². The molecule has 76 valence electrons. The van der Waals surface area contributed by atoms with E-state index in [-0.39, 0.29) is 0 Å². The first-order valence-corrected chi connectivity index (χ1v) is 5.68. The molecule has 0 aliphatic heterocycles. The van der Waals surface area contributed by atoms with Crippen LogP contribution in [0.1, 0.15) is 5.82 Å². The maximum Gasteiger partial charge on any atom is 0.147 e. The van der Waals surface area contributed by atoms with Crippen molar-refractivity contribution in [2.45, 2.75) is 6.54 Å². The van der Waals surface area contributed by atoms with Crippen molar-refractivity contribution in [1.82, 2.24) is 9.97 Å². The number of anilines is 1. The topological polar surface area (TPSA) is 37.8 Å². The lowest BCUT2D eigenvalue weighted by atomic mass is 10.3. The first-order valence-electron chi connectivity index (χ1n) is 4.60. The minimum atomic E-state index is 0.654. The summed E-state index contributed by atoms with van der Waals surface area (Å²) >= 11 is 2.30. The van der Waals surface area contributed by atoms with E-state index in [1.54, 1.807) is 12.4 Å². The second kappa shape index (κ2) is 5.06. The average Bonchev–Trinajstić information content (AvgIpc) is 2.29. The van der Waals surface area contributed by atoms with Gasteiger partial charge in [0.15, 0.2) is 0 Å². The minimum Gasteiger partial charge on any atom is -0.377 e. The quantitative estimate of drug-likeness (QED) is 0.886. The second-order valence-corrected chi connectivity index (χ2v) is 4.16. The summed E-state index contributed by atoms with van der Waals surface area (Å²) in [6.07, 6.45) is 3.50. The van der Waals surface area contributed by atoms with Crippen molar-refractivity contribution < 1.29 is 0 Å². The Kier molecular flexibility index (Phi) is 3.49. The standard InChI is InChI=1S/C11H10IN3/c12-9-4-1-2-5-10(9)15-8-11-13-6-3-7-14-11/h1-7,15H,8H2. The number of benzene rings is 1. The van der Waals surface area contributed by atoms with Crippen LogP contribution in [0.5, 0.6) is 0 Å². The molecule has 1 aromatic carbocycles. The third kappa shape index (κ3) is 2.89. The SMILES string of the molecule is Ic1ccccc1NCc1ncccn1. The molecule has 0 saturated carbocycles. The van der Waals surface area contributed by atoms with Gasteiger partial charge >= 0.3 is 0 Å². The highest BCUT2D eigenvalue weighted by molar-refractivity contribution is 14.1. The van der Waals surface area contributed by atoms with E-state index in [0.29, 0.717) is 6.54 Å². The van der Waals surface area contributed by atoms with Crippen molar-refractivity contribution in [1.29, 1.82) is 0 Å². The zero-order valence-electron chi connectivity index (χ0n) is 8.02. The fraction of sp³-hybridized carbons (Fsp3) is 0.0909. The molecule has 0 radical (unpaired) electrons. The van der Waals surface area contributed by atoms with Crippen LogP contribution in [0.2, 0.25) is 0 Å². The number of nitrogens with zero attached hydrogens (tertiary/aromatic N) is 2. The van der Waals surface area contributed by atoms with E-state index in [9.17, 15) is 0 Å². The maximum atomic E-state index is 4.15. The lowest BCUT2D eigenvalue weighted by Gasteiger charge is -2.06. The summed E-state index contributed by atoms with van der Waals surface area (Å²) in [4.78, 5) is 8.29. The molecule has 0 unspecified atom stereocenters. The van der Waals surface area contributed by atoms with Gasteiger partial charge in [0.2, 0.25) is 0 Å². The third-order valence-corrected chi connectivity index (χ3v) is 2.87. The third-order valence-electron chi connectivity index (χ3n) is 1.93. The summed E-state index contributed by atoms with van der Waals surface area (Å²) in [6, 6.07) is 9.96. The predicted octanol–water partition coefficient (Wildman–Crippen LogP) is 2.69. The van der Waals surface area contributed by atoms with Gasteiger partial charge in [-0.05, 0) is 40.8 Å². The fourth-order valence-electron chi connectivity index (χ4n) is 1.20. The molecule has 1 aromatic heterocycles. The molecule has 0 saturated heterocycles. The van der Waals surface area contributed by atoms with Crippen LogP contribution in [0.4, 0.5) is 5.69 Å². The first kappa shape index (κ1) is 10.4. The summed E-state index contributed by atoms with van der Waals surface area (Å²) < 4.78 is 1.20. The van der Waals surface area contributed by atoms with Gasteiger partial charge in [-0.1, -0.05) is 12.1 Å². The number of halogens is 1. The van der Waals surface area contributed by atoms with Crippen LogP contribution in [0.25, 0.3) is 0 Å². The lowest BCUT2D eigenvalue weighted by Crippen LogP contribution is -2.04. The Bertz CT molecular complexity index is 431. The molecular weight excluding hydrogens is 301 g/mol. The summed E-state index contributed by atoms with van der Waals surface area (Å²) in [6.45, 7) is 0.654. The van der Waals surface area contributed by atoms with Gasteiger partial charge in [-0.25, -0.2) is 9.97 Å². The van der Waals surface area contributed by atoms with Gasteiger partial charge in [-0.15, -0.1) is 0 Å². The molecule has 0 aliphatic rings. The molecule has 0 atom stereocenters. The number of aromatic nitrogens is 2. The molecule has 3 nitrogen and oxygen atoms in total. The second-order valence-electron chi connectivity index (χ2n) is 3.00. The van der Waals surface area contributed by atoms with Crippen molar-refractivity contribution in [2.24, 2.45) is 0 Å². The molecule has 1 heterocycles. The average molecular weight is 311 g/mol. The summed E-state index contributed by atoms with van der Waals surface area (Å²) in [5.74, 6) is 0.803. The van der Waals surface area contributed by atoms with Crippen LogP contribution < -0.4 is 5.32 Å². The molecule has 2 rings (SSSR count). The van der Waals surface area contributed by atoms with Crippen molar-refractivity contribution >= 4 is 28.3 Å². The zero-order valence-corrected chi connectivity index (χ0v) is 10.2. The van der Waals surface area contributed by atoms with Crippen LogP contribution in [0.15, 0.2) is 42.7 Å². The van der Waals surface area contributed by atoms with Crippen molar-refractivity contribution in [3.8, 4) is 0 Å². The first-order chi connectivity index (χ1) is 7.36. The molecule has 0 bridgehead atoms. The fourth-order valence-corrected chi connectivity index (χ4v) is 1.78. The van der Waals surface area contributed by atoms with E-state index in [2.05, 4.69) is 43.9 Å². The molecule has 4 heteroatoms. The molecule has 1 N–H and O–H groups in total. The van der Waals surface area contributed by atoms with E-state index in [1.807, 2.05) is 24.3 Å². The number of hydrogen-bond donors (Lipinski definition) is 1. The zero-order chi connectivity index (χ0) is 10.5. The summed E-state index contributed by atoms with van der Waals surface area (Å²) in [7, 11) is 0.